The van der Waals surface area contributed by atoms with Crippen LogP contribution in [0.1, 0.15) is 40.0 Å². The summed E-state index contributed by atoms with van der Waals surface area (Å²) < 4.78 is 53.7. The van der Waals surface area contributed by atoms with Crippen LogP contribution in [0.2, 0.25) is 0 Å². The average Bonchev–Trinajstić information content (AvgIpc) is 3.31. The lowest BCUT2D eigenvalue weighted by Crippen LogP contribution is -2.25. The van der Waals surface area contributed by atoms with Crippen molar-refractivity contribution in [1.82, 2.24) is 25.5 Å². The van der Waals surface area contributed by atoms with E-state index in [1.54, 1.807) is 19.2 Å². The number of H-pyrrole nitrogens is 1. The summed E-state index contributed by atoms with van der Waals surface area (Å²) in [6, 6.07) is 15.2. The molecule has 5 aromatic rings. The van der Waals surface area contributed by atoms with E-state index >= 15 is 0 Å². The lowest BCUT2D eigenvalue weighted by Gasteiger charge is -2.19. The number of hydrogen-bond donors (Lipinski definition) is 4. The summed E-state index contributed by atoms with van der Waals surface area (Å²) in [7, 11) is 0. The summed E-state index contributed by atoms with van der Waals surface area (Å²) in [4.78, 5) is 21.2. The number of nitrogens with one attached hydrogen (secondary N) is 3. The second-order valence-electron chi connectivity index (χ2n) is 9.15. The number of aromatic nitrogens is 4. The van der Waals surface area contributed by atoms with Gasteiger partial charge >= 0.3 is 6.18 Å². The zero-order valence-electron chi connectivity index (χ0n) is 21.1. The van der Waals surface area contributed by atoms with E-state index in [0.717, 1.165) is 22.8 Å². The normalized spacial score (nSPS) is 12.3. The maximum Gasteiger partial charge on any atom is 0.417 e. The maximum atomic E-state index is 13.5. The van der Waals surface area contributed by atoms with E-state index in [1.807, 2.05) is 30.3 Å². The van der Waals surface area contributed by atoms with Gasteiger partial charge in [0.1, 0.15) is 17.5 Å². The Hall–Kier alpha value is -5.00. The number of alkyl halides is 3. The van der Waals surface area contributed by atoms with Gasteiger partial charge in [-0.25, -0.2) is 14.4 Å². The summed E-state index contributed by atoms with van der Waals surface area (Å²) in [6.45, 7) is 1.72. The standard InChI is InChI=1S/C28H23F4N7O/c1-15(17-5-7-18(8-6-17)19-10-22-24(33)38-39-26(22)34-13-19)37-25-23(11-20(14-35-25)28(30,31)32)27(40)36-12-16-3-2-4-21(29)9-16/h2-11,13-15H,12H2,1H3,(H,35,37)(H,36,40)(H3,33,34,38,39)/t15-/m1/s1. The van der Waals surface area contributed by atoms with E-state index in [1.165, 1.54) is 18.2 Å². The number of carbonyl (C=O) groups excluding carboxylic acids is 1. The molecule has 5 N–H and O–H groups in total. The van der Waals surface area contributed by atoms with Crippen LogP contribution in [-0.2, 0) is 12.7 Å². The third-order valence-electron chi connectivity index (χ3n) is 6.34. The van der Waals surface area contributed by atoms with Gasteiger partial charge in [0.2, 0.25) is 0 Å². The second-order valence-corrected chi connectivity index (χ2v) is 9.15. The minimum absolute atomic E-state index is 0.0218. The minimum atomic E-state index is -4.69. The molecule has 0 bridgehead atoms. The van der Waals surface area contributed by atoms with Crippen LogP contribution in [0.25, 0.3) is 22.2 Å². The largest absolute Gasteiger partial charge is 0.417 e. The van der Waals surface area contributed by atoms with Gasteiger partial charge in [-0.3, -0.25) is 9.89 Å². The maximum absolute atomic E-state index is 13.5. The fraction of sp³-hybridized carbons (Fsp3) is 0.143. The molecule has 2 aromatic carbocycles. The number of nitrogens with two attached hydrogens (primary N) is 1. The first-order valence-electron chi connectivity index (χ1n) is 12.1. The molecule has 0 saturated carbocycles. The fourth-order valence-corrected chi connectivity index (χ4v) is 4.16. The Bertz CT molecular complexity index is 1680. The third kappa shape index (κ3) is 5.70. The summed E-state index contributed by atoms with van der Waals surface area (Å²) in [5.74, 6) is -0.878. The molecule has 12 heteroatoms. The number of carbonyl (C=O) groups is 1. The van der Waals surface area contributed by atoms with E-state index in [9.17, 15) is 22.4 Å². The number of nitrogen functional groups attached to an aromatic ring is 1. The molecule has 0 aliphatic carbocycles. The highest BCUT2D eigenvalue weighted by Gasteiger charge is 2.32. The lowest BCUT2D eigenvalue weighted by molar-refractivity contribution is -0.137. The molecule has 0 unspecified atom stereocenters. The Morgan fingerprint density at radius 1 is 1.02 bits per heavy atom. The highest BCUT2D eigenvalue weighted by atomic mass is 19.4. The molecule has 0 fully saturated rings. The molecule has 3 heterocycles. The van der Waals surface area contributed by atoms with Gasteiger partial charge < -0.3 is 16.4 Å². The molecule has 1 atom stereocenters. The Morgan fingerprint density at radius 2 is 1.80 bits per heavy atom. The number of halogens is 4. The number of hydrogen-bond acceptors (Lipinski definition) is 6. The number of anilines is 2. The van der Waals surface area contributed by atoms with Crippen LogP contribution in [0, 0.1) is 5.82 Å². The van der Waals surface area contributed by atoms with Gasteiger partial charge in [-0.05, 0) is 47.9 Å². The molecule has 1 amide bonds. The SMILES string of the molecule is C[C@@H](Nc1ncc(C(F)(F)F)cc1C(=O)NCc1cccc(F)c1)c1ccc(-c2cnc3n[nH]c(N)c3c2)cc1. The zero-order chi connectivity index (χ0) is 28.4. The quantitative estimate of drug-likeness (QED) is 0.189. The van der Waals surface area contributed by atoms with Crippen molar-refractivity contribution in [3.63, 3.8) is 0 Å². The first-order valence-corrected chi connectivity index (χ1v) is 12.1. The number of aromatic amines is 1. The molecule has 40 heavy (non-hydrogen) atoms. The predicted molar refractivity (Wildman–Crippen MR) is 143 cm³/mol. The number of rotatable bonds is 7. The summed E-state index contributed by atoms with van der Waals surface area (Å²) >= 11 is 0. The molecular formula is C28H23F4N7O. The molecule has 3 aromatic heterocycles. The van der Waals surface area contributed by atoms with Crippen molar-refractivity contribution in [1.29, 1.82) is 0 Å². The molecule has 204 valence electrons. The van der Waals surface area contributed by atoms with E-state index < -0.39 is 29.5 Å². The lowest BCUT2D eigenvalue weighted by atomic mass is 10.0. The number of amides is 1. The van der Waals surface area contributed by atoms with Crippen molar-refractivity contribution >= 4 is 28.6 Å². The van der Waals surface area contributed by atoms with Crippen molar-refractivity contribution in [2.24, 2.45) is 0 Å². The van der Waals surface area contributed by atoms with Crippen LogP contribution in [0.3, 0.4) is 0 Å². The minimum Gasteiger partial charge on any atom is -0.384 e. The zero-order valence-corrected chi connectivity index (χ0v) is 21.1. The van der Waals surface area contributed by atoms with E-state index in [-0.39, 0.29) is 17.9 Å². The molecule has 0 spiro atoms. The van der Waals surface area contributed by atoms with Crippen molar-refractivity contribution in [2.75, 3.05) is 11.1 Å². The van der Waals surface area contributed by atoms with Gasteiger partial charge in [-0.15, -0.1) is 0 Å². The van der Waals surface area contributed by atoms with Crippen molar-refractivity contribution < 1.29 is 22.4 Å². The molecule has 0 aliphatic rings. The van der Waals surface area contributed by atoms with Crippen LogP contribution < -0.4 is 16.4 Å². The Balaban J connectivity index is 1.36. The van der Waals surface area contributed by atoms with Crippen molar-refractivity contribution in [3.05, 3.63) is 101 Å². The Kier molecular flexibility index (Phi) is 7.07. The molecule has 0 aliphatic heterocycles. The first-order chi connectivity index (χ1) is 19.1. The van der Waals surface area contributed by atoms with E-state index in [0.29, 0.717) is 28.6 Å². The summed E-state index contributed by atoms with van der Waals surface area (Å²) in [5.41, 5.74) is 8.03. The number of pyridine rings is 2. The van der Waals surface area contributed by atoms with Crippen LogP contribution in [0.4, 0.5) is 29.2 Å². The highest BCUT2D eigenvalue weighted by molar-refractivity contribution is 5.99. The summed E-state index contributed by atoms with van der Waals surface area (Å²) in [6.07, 6.45) is -2.34. The van der Waals surface area contributed by atoms with Gasteiger partial charge in [0.25, 0.3) is 5.91 Å². The fourth-order valence-electron chi connectivity index (χ4n) is 4.16. The topological polar surface area (TPSA) is 122 Å². The molecular weight excluding hydrogens is 526 g/mol. The van der Waals surface area contributed by atoms with Gasteiger partial charge in [0.05, 0.1) is 16.5 Å². The van der Waals surface area contributed by atoms with Crippen LogP contribution in [0.15, 0.2) is 73.1 Å². The third-order valence-corrected chi connectivity index (χ3v) is 6.34. The van der Waals surface area contributed by atoms with Crippen LogP contribution in [0.5, 0.6) is 0 Å². The highest BCUT2D eigenvalue weighted by Crippen LogP contribution is 2.32. The molecule has 0 saturated heterocycles. The summed E-state index contributed by atoms with van der Waals surface area (Å²) in [5, 5.41) is 13.0. The number of benzene rings is 2. The average molecular weight is 550 g/mol. The van der Waals surface area contributed by atoms with Crippen molar-refractivity contribution in [3.8, 4) is 11.1 Å². The second kappa shape index (κ2) is 10.6. The first kappa shape index (κ1) is 26.6. The van der Waals surface area contributed by atoms with Crippen molar-refractivity contribution in [2.45, 2.75) is 25.7 Å². The monoisotopic (exact) mass is 549 g/mol. The van der Waals surface area contributed by atoms with Gasteiger partial charge in [0.15, 0.2) is 5.65 Å². The molecule has 5 rings (SSSR count). The van der Waals surface area contributed by atoms with Crippen LogP contribution >= 0.6 is 0 Å². The van der Waals surface area contributed by atoms with Gasteiger partial charge in [-0.1, -0.05) is 36.4 Å². The number of nitrogens with zero attached hydrogens (tertiary/aromatic N) is 3. The Labute approximate surface area is 225 Å². The van der Waals surface area contributed by atoms with Gasteiger partial charge in [-0.2, -0.15) is 18.3 Å². The molecule has 0 radical (unpaired) electrons. The predicted octanol–water partition coefficient (Wildman–Crippen LogP) is 5.86. The van der Waals surface area contributed by atoms with Gasteiger partial charge in [0, 0.05) is 30.5 Å². The Morgan fingerprint density at radius 3 is 2.52 bits per heavy atom. The van der Waals surface area contributed by atoms with E-state index in [2.05, 4.69) is 30.8 Å². The van der Waals surface area contributed by atoms with E-state index in [4.69, 9.17) is 5.73 Å². The van der Waals surface area contributed by atoms with Crippen LogP contribution in [-0.4, -0.2) is 26.1 Å². The number of fused-ring (bicyclic) bond motifs is 1. The smallest absolute Gasteiger partial charge is 0.384 e. The molecule has 8 nitrogen and oxygen atoms in total.